The molecule has 0 radical (unpaired) electrons. The molecule has 0 unspecified atom stereocenters. The predicted molar refractivity (Wildman–Crippen MR) is 167 cm³/mol. The van der Waals surface area contributed by atoms with E-state index >= 15 is 0 Å². The SMILES string of the molecule is CCc1nc2ccc(Br)cc2c(=O)n1N=Cc1cc(C)n(-c2ccc(OCC(=O)Nc3ccccc3C)cc2)c1C. The number of carbonyl (C=O) groups excluding carboxylic acids is 1. The average Bonchev–Trinajstić information content (AvgIpc) is 3.25. The number of nitrogens with zero attached hydrogens (tertiary/aromatic N) is 4. The summed E-state index contributed by atoms with van der Waals surface area (Å²) >= 11 is 3.44. The zero-order chi connectivity index (χ0) is 29.1. The highest BCUT2D eigenvalue weighted by Crippen LogP contribution is 2.23. The van der Waals surface area contributed by atoms with E-state index in [2.05, 4.69) is 35.9 Å². The molecule has 3 aromatic carbocycles. The Balaban J connectivity index is 1.33. The lowest BCUT2D eigenvalue weighted by molar-refractivity contribution is -0.118. The second-order valence-corrected chi connectivity index (χ2v) is 10.6. The number of anilines is 1. The summed E-state index contributed by atoms with van der Waals surface area (Å²) in [4.78, 5) is 30.2. The van der Waals surface area contributed by atoms with Crippen LogP contribution in [0, 0.1) is 20.8 Å². The largest absolute Gasteiger partial charge is 0.484 e. The van der Waals surface area contributed by atoms with Gasteiger partial charge in [-0.2, -0.15) is 9.78 Å². The van der Waals surface area contributed by atoms with Gasteiger partial charge in [-0.25, -0.2) is 4.98 Å². The molecular formula is C32H30BrN5O3. The van der Waals surface area contributed by atoms with Gasteiger partial charge in [0.1, 0.15) is 11.6 Å². The first-order valence-corrected chi connectivity index (χ1v) is 14.1. The molecule has 0 fully saturated rings. The Morgan fingerprint density at radius 3 is 2.54 bits per heavy atom. The van der Waals surface area contributed by atoms with Gasteiger partial charge in [-0.1, -0.05) is 41.1 Å². The molecule has 0 spiro atoms. The average molecular weight is 613 g/mol. The normalized spacial score (nSPS) is 11.3. The number of ether oxygens (including phenoxy) is 1. The lowest BCUT2D eigenvalue weighted by Crippen LogP contribution is -2.22. The van der Waals surface area contributed by atoms with Gasteiger partial charge in [0.25, 0.3) is 11.5 Å². The molecule has 0 aliphatic carbocycles. The minimum absolute atomic E-state index is 0.0877. The fourth-order valence-corrected chi connectivity index (χ4v) is 5.08. The monoisotopic (exact) mass is 611 g/mol. The molecule has 0 saturated carbocycles. The number of aromatic nitrogens is 3. The topological polar surface area (TPSA) is 90.5 Å². The summed E-state index contributed by atoms with van der Waals surface area (Å²) < 4.78 is 10.0. The zero-order valence-corrected chi connectivity index (χ0v) is 24.9. The molecule has 8 nitrogen and oxygen atoms in total. The van der Waals surface area contributed by atoms with Crippen LogP contribution in [0.2, 0.25) is 0 Å². The second kappa shape index (κ2) is 11.9. The van der Waals surface area contributed by atoms with E-state index in [1.54, 1.807) is 12.3 Å². The van der Waals surface area contributed by atoms with Gasteiger partial charge in [0.15, 0.2) is 6.61 Å². The molecule has 0 bridgehead atoms. The number of carbonyl (C=O) groups is 1. The van der Waals surface area contributed by atoms with E-state index in [0.717, 1.165) is 38.4 Å². The number of fused-ring (bicyclic) bond motifs is 1. The van der Waals surface area contributed by atoms with Crippen LogP contribution in [-0.4, -0.2) is 33.0 Å². The number of nitrogens with one attached hydrogen (secondary N) is 1. The summed E-state index contributed by atoms with van der Waals surface area (Å²) in [5.74, 6) is 0.974. The summed E-state index contributed by atoms with van der Waals surface area (Å²) in [5, 5.41) is 7.94. The molecule has 5 rings (SSSR count). The van der Waals surface area contributed by atoms with Crippen molar-refractivity contribution in [2.75, 3.05) is 11.9 Å². The first-order valence-electron chi connectivity index (χ1n) is 13.3. The molecule has 5 aromatic rings. The highest BCUT2D eigenvalue weighted by molar-refractivity contribution is 9.10. The molecule has 0 saturated heterocycles. The predicted octanol–water partition coefficient (Wildman–Crippen LogP) is 6.34. The number of amides is 1. The molecule has 1 amide bonds. The highest BCUT2D eigenvalue weighted by atomic mass is 79.9. The van der Waals surface area contributed by atoms with Gasteiger partial charge in [-0.15, -0.1) is 0 Å². The molecule has 9 heteroatoms. The minimum atomic E-state index is -0.219. The maximum Gasteiger partial charge on any atom is 0.282 e. The van der Waals surface area contributed by atoms with Gasteiger partial charge < -0.3 is 14.6 Å². The first kappa shape index (κ1) is 28.0. The Morgan fingerprint density at radius 1 is 1.05 bits per heavy atom. The smallest absolute Gasteiger partial charge is 0.282 e. The first-order chi connectivity index (χ1) is 19.7. The molecule has 208 valence electrons. The van der Waals surface area contributed by atoms with Crippen LogP contribution < -0.4 is 15.6 Å². The lowest BCUT2D eigenvalue weighted by atomic mass is 10.2. The van der Waals surface area contributed by atoms with Crippen molar-refractivity contribution >= 4 is 44.6 Å². The maximum atomic E-state index is 13.2. The number of benzene rings is 3. The van der Waals surface area contributed by atoms with Crippen LogP contribution in [0.4, 0.5) is 5.69 Å². The fraction of sp³-hybridized carbons (Fsp3) is 0.188. The van der Waals surface area contributed by atoms with Crippen molar-refractivity contribution in [2.24, 2.45) is 5.10 Å². The van der Waals surface area contributed by atoms with E-state index in [4.69, 9.17) is 4.74 Å². The summed E-state index contributed by atoms with van der Waals surface area (Å²) in [6.45, 7) is 7.83. The number of para-hydroxylation sites is 1. The molecule has 0 atom stereocenters. The summed E-state index contributed by atoms with van der Waals surface area (Å²) in [7, 11) is 0. The Kier molecular flexibility index (Phi) is 8.16. The molecule has 0 aliphatic heterocycles. The van der Waals surface area contributed by atoms with Gasteiger partial charge in [0.05, 0.1) is 17.1 Å². The van der Waals surface area contributed by atoms with Crippen molar-refractivity contribution in [3.63, 3.8) is 0 Å². The standard InChI is InChI=1S/C32H30BrN5O3/c1-5-30-35-29-15-10-24(33)17-27(29)32(40)38(30)34-18-23-16-21(3)37(22(23)4)25-11-13-26(14-12-25)41-19-31(39)36-28-9-7-6-8-20(28)2/h6-18H,5,19H2,1-4H3,(H,36,39). The van der Waals surface area contributed by atoms with Crippen LogP contribution in [0.1, 0.15) is 35.3 Å². The van der Waals surface area contributed by atoms with E-state index in [1.165, 1.54) is 4.68 Å². The van der Waals surface area contributed by atoms with Gasteiger partial charge in [0.2, 0.25) is 0 Å². The third kappa shape index (κ3) is 6.00. The fourth-order valence-electron chi connectivity index (χ4n) is 4.72. The van der Waals surface area contributed by atoms with Crippen LogP contribution >= 0.6 is 15.9 Å². The van der Waals surface area contributed by atoms with Gasteiger partial charge in [-0.05, 0) is 80.9 Å². The van der Waals surface area contributed by atoms with Crippen LogP contribution in [0.25, 0.3) is 16.6 Å². The Hall–Kier alpha value is -4.50. The van der Waals surface area contributed by atoms with Crippen molar-refractivity contribution in [1.82, 2.24) is 14.2 Å². The van der Waals surface area contributed by atoms with E-state index < -0.39 is 0 Å². The van der Waals surface area contributed by atoms with Crippen LogP contribution in [0.3, 0.4) is 0 Å². The quantitative estimate of drug-likeness (QED) is 0.207. The Labute approximate surface area is 246 Å². The second-order valence-electron chi connectivity index (χ2n) is 9.71. The van der Waals surface area contributed by atoms with Crippen LogP contribution in [0.15, 0.2) is 87.2 Å². The van der Waals surface area contributed by atoms with Gasteiger partial charge in [0, 0.05) is 39.2 Å². The zero-order valence-electron chi connectivity index (χ0n) is 23.3. The number of hydrogen-bond donors (Lipinski definition) is 1. The molecule has 2 heterocycles. The van der Waals surface area contributed by atoms with E-state index in [1.807, 2.05) is 94.4 Å². The summed E-state index contributed by atoms with van der Waals surface area (Å²) in [6.07, 6.45) is 2.27. The van der Waals surface area contributed by atoms with Crippen molar-refractivity contribution in [1.29, 1.82) is 0 Å². The molecule has 2 aromatic heterocycles. The molecular weight excluding hydrogens is 582 g/mol. The summed E-state index contributed by atoms with van der Waals surface area (Å²) in [6, 6.07) is 22.7. The Bertz CT molecular complexity index is 1840. The highest BCUT2D eigenvalue weighted by Gasteiger charge is 2.13. The third-order valence-corrected chi connectivity index (χ3v) is 7.35. The summed E-state index contributed by atoms with van der Waals surface area (Å²) in [5.41, 5.74) is 6.03. The van der Waals surface area contributed by atoms with E-state index in [0.29, 0.717) is 28.9 Å². The third-order valence-electron chi connectivity index (χ3n) is 6.86. The number of hydrogen-bond acceptors (Lipinski definition) is 5. The molecule has 1 N–H and O–H groups in total. The number of halogens is 1. The minimum Gasteiger partial charge on any atom is -0.484 e. The van der Waals surface area contributed by atoms with E-state index in [9.17, 15) is 9.59 Å². The van der Waals surface area contributed by atoms with Crippen LogP contribution in [0.5, 0.6) is 5.75 Å². The van der Waals surface area contributed by atoms with Crippen LogP contribution in [-0.2, 0) is 11.2 Å². The van der Waals surface area contributed by atoms with E-state index in [-0.39, 0.29) is 18.1 Å². The van der Waals surface area contributed by atoms with Gasteiger partial charge >= 0.3 is 0 Å². The Morgan fingerprint density at radius 2 is 1.80 bits per heavy atom. The van der Waals surface area contributed by atoms with Crippen molar-refractivity contribution in [3.8, 4) is 11.4 Å². The maximum absolute atomic E-state index is 13.2. The van der Waals surface area contributed by atoms with Crippen molar-refractivity contribution < 1.29 is 9.53 Å². The van der Waals surface area contributed by atoms with Crippen molar-refractivity contribution in [2.45, 2.75) is 34.1 Å². The van der Waals surface area contributed by atoms with Crippen molar-refractivity contribution in [3.05, 3.63) is 116 Å². The number of aryl methyl sites for hydroxylation is 3. The van der Waals surface area contributed by atoms with Gasteiger partial charge in [-0.3, -0.25) is 9.59 Å². The lowest BCUT2D eigenvalue weighted by Gasteiger charge is -2.12. The number of rotatable bonds is 8. The molecule has 0 aliphatic rings. The molecule has 41 heavy (non-hydrogen) atoms.